The van der Waals surface area contributed by atoms with Crippen LogP contribution in [0.3, 0.4) is 0 Å². The molecule has 0 aromatic rings. The van der Waals surface area contributed by atoms with Gasteiger partial charge in [0, 0.05) is 5.75 Å². The molecule has 4 atom stereocenters. The zero-order valence-corrected chi connectivity index (χ0v) is 18.1. The first kappa shape index (κ1) is 28.1. The molecule has 0 aromatic carbocycles. The zero-order valence-electron chi connectivity index (χ0n) is 17.2. The third-order valence-electron chi connectivity index (χ3n) is 3.91. The van der Waals surface area contributed by atoms with Gasteiger partial charge in [-0.3, -0.25) is 24.0 Å². The maximum atomic E-state index is 12.5. The van der Waals surface area contributed by atoms with E-state index in [-0.39, 0.29) is 18.1 Å². The van der Waals surface area contributed by atoms with Gasteiger partial charge >= 0.3 is 11.9 Å². The Morgan fingerprint density at radius 3 is 1.74 bits per heavy atom. The highest BCUT2D eigenvalue weighted by atomic mass is 32.1. The van der Waals surface area contributed by atoms with Gasteiger partial charge in [-0.25, -0.2) is 4.79 Å². The molecule has 0 bridgehead atoms. The number of carbonyl (C=O) groups is 6. The molecule has 0 radical (unpaired) electrons. The summed E-state index contributed by atoms with van der Waals surface area (Å²) in [6, 6.07) is -5.50. The van der Waals surface area contributed by atoms with E-state index in [4.69, 9.17) is 16.6 Å². The van der Waals surface area contributed by atoms with Crippen molar-refractivity contribution in [1.82, 2.24) is 16.0 Å². The van der Waals surface area contributed by atoms with E-state index in [1.165, 1.54) is 0 Å². The van der Waals surface area contributed by atoms with Gasteiger partial charge in [-0.05, 0) is 12.3 Å². The molecule has 0 aliphatic heterocycles. The van der Waals surface area contributed by atoms with Crippen molar-refractivity contribution in [3.63, 3.8) is 0 Å². The van der Waals surface area contributed by atoms with Gasteiger partial charge in [-0.2, -0.15) is 12.6 Å². The van der Waals surface area contributed by atoms with Gasteiger partial charge < -0.3 is 37.6 Å². The van der Waals surface area contributed by atoms with Crippen LogP contribution in [0.2, 0.25) is 0 Å². The van der Waals surface area contributed by atoms with Crippen molar-refractivity contribution in [2.75, 3.05) is 5.75 Å². The Kier molecular flexibility index (Phi) is 12.2. The second kappa shape index (κ2) is 13.4. The Hall–Kier alpha value is -2.87. The average Bonchev–Trinajstić information content (AvgIpc) is 2.63. The summed E-state index contributed by atoms with van der Waals surface area (Å²) in [5.74, 6) is -6.64. The Bertz CT molecular complexity index is 702. The number of rotatable bonds is 14. The summed E-state index contributed by atoms with van der Waals surface area (Å²) in [4.78, 5) is 70.2. The molecule has 0 spiro atoms. The summed E-state index contributed by atoms with van der Waals surface area (Å²) in [5.41, 5.74) is 10.5. The van der Waals surface area contributed by atoms with Crippen LogP contribution in [0.1, 0.15) is 33.1 Å². The SMILES string of the molecule is CC(C)CC(NC(=O)C(CS)NC(=O)C(CC(N)=O)NC(=O)C(N)CC(=O)O)C(=O)O. The summed E-state index contributed by atoms with van der Waals surface area (Å²) < 4.78 is 0. The van der Waals surface area contributed by atoms with Crippen LogP contribution < -0.4 is 27.4 Å². The van der Waals surface area contributed by atoms with E-state index >= 15 is 0 Å². The van der Waals surface area contributed by atoms with Crippen LogP contribution in [0, 0.1) is 5.92 Å². The fourth-order valence-electron chi connectivity index (χ4n) is 2.40. The van der Waals surface area contributed by atoms with Gasteiger partial charge in [-0.15, -0.1) is 0 Å². The second-order valence-electron chi connectivity index (χ2n) is 7.21. The number of nitrogens with one attached hydrogen (secondary N) is 3. The Morgan fingerprint density at radius 1 is 0.839 bits per heavy atom. The summed E-state index contributed by atoms with van der Waals surface area (Å²) in [6.07, 6.45) is -1.22. The third kappa shape index (κ3) is 11.2. The van der Waals surface area contributed by atoms with Crippen LogP contribution in [0.15, 0.2) is 0 Å². The topological polar surface area (TPSA) is 231 Å². The van der Waals surface area contributed by atoms with E-state index in [1.54, 1.807) is 13.8 Å². The largest absolute Gasteiger partial charge is 0.481 e. The number of primary amides is 1. The van der Waals surface area contributed by atoms with Crippen LogP contribution in [0.4, 0.5) is 0 Å². The highest BCUT2D eigenvalue weighted by Gasteiger charge is 2.31. The van der Waals surface area contributed by atoms with E-state index in [0.29, 0.717) is 0 Å². The molecule has 176 valence electrons. The van der Waals surface area contributed by atoms with E-state index < -0.39 is 72.6 Å². The fraction of sp³-hybridized carbons (Fsp3) is 0.647. The molecule has 31 heavy (non-hydrogen) atoms. The smallest absolute Gasteiger partial charge is 0.326 e. The number of thiol groups is 1. The number of carboxylic acid groups (broad SMARTS) is 2. The van der Waals surface area contributed by atoms with E-state index in [1.807, 2.05) is 0 Å². The predicted octanol–water partition coefficient (Wildman–Crippen LogP) is -2.82. The minimum atomic E-state index is -1.54. The Balaban J connectivity index is 5.27. The lowest BCUT2D eigenvalue weighted by Gasteiger charge is -2.24. The summed E-state index contributed by atoms with van der Waals surface area (Å²) >= 11 is 3.96. The lowest BCUT2D eigenvalue weighted by atomic mass is 10.0. The van der Waals surface area contributed by atoms with E-state index in [2.05, 4.69) is 28.6 Å². The molecule has 9 N–H and O–H groups in total. The third-order valence-corrected chi connectivity index (χ3v) is 4.27. The molecule has 0 aliphatic rings. The fourth-order valence-corrected chi connectivity index (χ4v) is 2.66. The van der Waals surface area contributed by atoms with E-state index in [9.17, 15) is 33.9 Å². The number of hydrogen-bond donors (Lipinski definition) is 8. The lowest BCUT2D eigenvalue weighted by Crippen LogP contribution is -2.58. The molecule has 14 heteroatoms. The molecule has 13 nitrogen and oxygen atoms in total. The molecule has 0 rings (SSSR count). The molecule has 0 saturated carbocycles. The quantitative estimate of drug-likeness (QED) is 0.124. The van der Waals surface area contributed by atoms with Crippen LogP contribution in [0.5, 0.6) is 0 Å². The van der Waals surface area contributed by atoms with Crippen molar-refractivity contribution in [2.24, 2.45) is 17.4 Å². The van der Waals surface area contributed by atoms with Gasteiger partial charge in [0.1, 0.15) is 18.1 Å². The number of carbonyl (C=O) groups excluding carboxylic acids is 4. The monoisotopic (exact) mass is 463 g/mol. The van der Waals surface area contributed by atoms with Crippen molar-refractivity contribution < 1.29 is 39.0 Å². The minimum Gasteiger partial charge on any atom is -0.481 e. The highest BCUT2D eigenvalue weighted by molar-refractivity contribution is 7.80. The number of nitrogens with two attached hydrogens (primary N) is 2. The molecular formula is C17H29N5O8S. The van der Waals surface area contributed by atoms with E-state index in [0.717, 1.165) is 0 Å². The number of aliphatic carboxylic acids is 2. The Morgan fingerprint density at radius 2 is 1.32 bits per heavy atom. The van der Waals surface area contributed by atoms with Gasteiger partial charge in [0.15, 0.2) is 0 Å². The van der Waals surface area contributed by atoms with Crippen LogP contribution >= 0.6 is 12.6 Å². The predicted molar refractivity (Wildman–Crippen MR) is 111 cm³/mol. The van der Waals surface area contributed by atoms with Crippen molar-refractivity contribution >= 4 is 48.2 Å². The van der Waals surface area contributed by atoms with Crippen LogP contribution in [-0.4, -0.2) is 75.7 Å². The molecule has 0 fully saturated rings. The summed E-state index contributed by atoms with van der Waals surface area (Å²) in [6.45, 7) is 3.54. The van der Waals surface area contributed by atoms with Crippen molar-refractivity contribution in [1.29, 1.82) is 0 Å². The minimum absolute atomic E-state index is 0.0318. The molecule has 4 amide bonds. The first-order valence-corrected chi connectivity index (χ1v) is 9.92. The van der Waals surface area contributed by atoms with Crippen molar-refractivity contribution in [3.8, 4) is 0 Å². The molecular weight excluding hydrogens is 434 g/mol. The van der Waals surface area contributed by atoms with Crippen LogP contribution in [-0.2, 0) is 28.8 Å². The van der Waals surface area contributed by atoms with Gasteiger partial charge in [-0.1, -0.05) is 13.8 Å². The first-order valence-electron chi connectivity index (χ1n) is 9.28. The van der Waals surface area contributed by atoms with Gasteiger partial charge in [0.05, 0.1) is 18.9 Å². The highest BCUT2D eigenvalue weighted by Crippen LogP contribution is 2.06. The summed E-state index contributed by atoms with van der Waals surface area (Å²) in [5, 5.41) is 24.6. The normalized spacial score (nSPS) is 14.6. The number of hydrogen-bond acceptors (Lipinski definition) is 8. The molecule has 0 aromatic heterocycles. The summed E-state index contributed by atoms with van der Waals surface area (Å²) in [7, 11) is 0. The molecule has 0 saturated heterocycles. The molecule has 4 unspecified atom stereocenters. The zero-order chi connectivity index (χ0) is 24.3. The van der Waals surface area contributed by atoms with Gasteiger partial charge in [0.25, 0.3) is 0 Å². The average molecular weight is 464 g/mol. The lowest BCUT2D eigenvalue weighted by molar-refractivity contribution is -0.142. The van der Waals surface area contributed by atoms with Gasteiger partial charge in [0.2, 0.25) is 23.6 Å². The number of amides is 4. The van der Waals surface area contributed by atoms with Crippen molar-refractivity contribution in [3.05, 3.63) is 0 Å². The molecule has 0 heterocycles. The first-order chi connectivity index (χ1) is 14.3. The molecule has 0 aliphatic carbocycles. The van der Waals surface area contributed by atoms with Crippen molar-refractivity contribution in [2.45, 2.75) is 57.3 Å². The van der Waals surface area contributed by atoms with Crippen LogP contribution in [0.25, 0.3) is 0 Å². The number of carboxylic acids is 2. The maximum absolute atomic E-state index is 12.5. The standard InChI is InChI=1S/C17H29N5O8S/c1-7(2)3-10(17(29)30)21-16(28)11(6-31)22-15(27)9(5-12(19)23)20-14(26)8(18)4-13(24)25/h7-11,31H,3-6,18H2,1-2H3,(H2,19,23)(H,20,26)(H,21,28)(H,22,27)(H,24,25)(H,29,30). The maximum Gasteiger partial charge on any atom is 0.326 e. The Labute approximate surface area is 184 Å². The second-order valence-corrected chi connectivity index (χ2v) is 7.57.